The fourth-order valence-corrected chi connectivity index (χ4v) is 4.93. The van der Waals surface area contributed by atoms with Crippen molar-refractivity contribution in [1.82, 2.24) is 0 Å². The topological polar surface area (TPSA) is 97.5 Å². The summed E-state index contributed by atoms with van der Waals surface area (Å²) in [5.41, 5.74) is -0.928. The van der Waals surface area contributed by atoms with Crippen molar-refractivity contribution in [2.24, 2.45) is 5.14 Å². The summed E-state index contributed by atoms with van der Waals surface area (Å²) in [7, 11) is -8.65. The molecule has 146 valence electrons. The molecular formula is C15H12F4N2O4S2. The Morgan fingerprint density at radius 1 is 1.00 bits per heavy atom. The van der Waals surface area contributed by atoms with Gasteiger partial charge < -0.3 is 0 Å². The molecule has 0 radical (unpaired) electrons. The third-order valence-corrected chi connectivity index (χ3v) is 6.80. The zero-order valence-corrected chi connectivity index (χ0v) is 15.0. The van der Waals surface area contributed by atoms with E-state index in [9.17, 15) is 34.4 Å². The van der Waals surface area contributed by atoms with Gasteiger partial charge in [-0.15, -0.1) is 0 Å². The molecule has 12 heteroatoms. The minimum atomic E-state index is -4.84. The van der Waals surface area contributed by atoms with Crippen LogP contribution in [0, 0.1) is 5.82 Å². The van der Waals surface area contributed by atoms with E-state index < -0.39 is 42.5 Å². The van der Waals surface area contributed by atoms with Gasteiger partial charge in [-0.1, -0.05) is 0 Å². The fraction of sp³-hybridized carbons (Fsp3) is 0.200. The summed E-state index contributed by atoms with van der Waals surface area (Å²) in [4.78, 5) is -1.34. The third kappa shape index (κ3) is 3.51. The number of anilines is 1. The average molecular weight is 424 g/mol. The van der Waals surface area contributed by atoms with Crippen molar-refractivity contribution in [3.8, 4) is 0 Å². The monoisotopic (exact) mass is 424 g/mol. The second-order valence-electron chi connectivity index (χ2n) is 5.81. The molecule has 1 heterocycles. The molecule has 3 rings (SSSR count). The zero-order valence-electron chi connectivity index (χ0n) is 13.4. The van der Waals surface area contributed by atoms with Gasteiger partial charge in [-0.05, 0) is 48.4 Å². The van der Waals surface area contributed by atoms with E-state index in [4.69, 9.17) is 5.14 Å². The number of benzene rings is 2. The summed E-state index contributed by atoms with van der Waals surface area (Å²) < 4.78 is 102. The molecule has 2 aromatic carbocycles. The molecule has 27 heavy (non-hydrogen) atoms. The van der Waals surface area contributed by atoms with Crippen LogP contribution in [0.5, 0.6) is 0 Å². The Bertz CT molecular complexity index is 1130. The molecule has 0 atom stereocenters. The smallest absolute Gasteiger partial charge is 0.266 e. The van der Waals surface area contributed by atoms with Crippen LogP contribution in [-0.2, 0) is 32.6 Å². The number of hydrogen-bond acceptors (Lipinski definition) is 4. The molecule has 1 aliphatic heterocycles. The van der Waals surface area contributed by atoms with E-state index in [0.717, 1.165) is 10.4 Å². The van der Waals surface area contributed by atoms with Crippen molar-refractivity contribution >= 4 is 25.7 Å². The second kappa shape index (κ2) is 6.17. The number of hydrogen-bond donors (Lipinski definition) is 1. The minimum Gasteiger partial charge on any atom is -0.266 e. The minimum absolute atomic E-state index is 0.0548. The fourth-order valence-electron chi connectivity index (χ4n) is 2.77. The van der Waals surface area contributed by atoms with E-state index >= 15 is 0 Å². The molecule has 0 fully saturated rings. The lowest BCUT2D eigenvalue weighted by Crippen LogP contribution is -2.30. The van der Waals surface area contributed by atoms with E-state index in [1.54, 1.807) is 0 Å². The van der Waals surface area contributed by atoms with E-state index in [0.29, 0.717) is 17.7 Å². The number of sulfonamides is 2. The van der Waals surface area contributed by atoms with E-state index in [2.05, 4.69) is 0 Å². The van der Waals surface area contributed by atoms with Crippen LogP contribution in [0.15, 0.2) is 46.2 Å². The van der Waals surface area contributed by atoms with Crippen LogP contribution in [0.4, 0.5) is 23.2 Å². The molecule has 0 aliphatic carbocycles. The highest BCUT2D eigenvalue weighted by Gasteiger charge is 2.37. The number of alkyl halides is 3. The first kappa shape index (κ1) is 19.6. The highest BCUT2D eigenvalue weighted by atomic mass is 32.2. The highest BCUT2D eigenvalue weighted by Crippen LogP contribution is 2.37. The van der Waals surface area contributed by atoms with Crippen LogP contribution in [-0.4, -0.2) is 23.4 Å². The molecule has 2 aromatic rings. The quantitative estimate of drug-likeness (QED) is 0.765. The number of fused-ring (bicyclic) bond motifs is 1. The number of primary sulfonamides is 1. The summed E-state index contributed by atoms with van der Waals surface area (Å²) in [6.07, 6.45) is -4.75. The molecule has 0 unspecified atom stereocenters. The Kier molecular flexibility index (Phi) is 4.48. The molecule has 0 bridgehead atoms. The zero-order chi connectivity index (χ0) is 20.2. The SMILES string of the molecule is NS(=O)(=O)c1ccc2c(c1)CCN2S(=O)(=O)c1cc(C(F)(F)F)ccc1F. The Labute approximate surface area is 152 Å². The normalized spacial score (nSPS) is 15.1. The van der Waals surface area contributed by atoms with Gasteiger partial charge in [-0.2, -0.15) is 13.2 Å². The van der Waals surface area contributed by atoms with Crippen LogP contribution in [0.1, 0.15) is 11.1 Å². The lowest BCUT2D eigenvalue weighted by atomic mass is 10.2. The third-order valence-electron chi connectivity index (χ3n) is 4.06. The van der Waals surface area contributed by atoms with Crippen LogP contribution in [0.3, 0.4) is 0 Å². The van der Waals surface area contributed by atoms with Crippen LogP contribution in [0.25, 0.3) is 0 Å². The van der Waals surface area contributed by atoms with Gasteiger partial charge in [0, 0.05) is 6.54 Å². The van der Waals surface area contributed by atoms with E-state index in [1.165, 1.54) is 12.1 Å². The highest BCUT2D eigenvalue weighted by molar-refractivity contribution is 7.92. The Morgan fingerprint density at radius 2 is 1.67 bits per heavy atom. The van der Waals surface area contributed by atoms with Gasteiger partial charge in [-0.25, -0.2) is 26.4 Å². The second-order valence-corrected chi connectivity index (χ2v) is 9.20. The summed E-state index contributed by atoms with van der Waals surface area (Å²) in [6.45, 7) is -0.179. The average Bonchev–Trinajstić information content (AvgIpc) is 2.97. The molecular weight excluding hydrogens is 412 g/mol. The first-order valence-electron chi connectivity index (χ1n) is 7.37. The molecule has 0 saturated heterocycles. The van der Waals surface area contributed by atoms with E-state index in [-0.39, 0.29) is 29.6 Å². The van der Waals surface area contributed by atoms with Gasteiger partial charge in [-0.3, -0.25) is 4.31 Å². The summed E-state index contributed by atoms with van der Waals surface area (Å²) >= 11 is 0. The van der Waals surface area contributed by atoms with Crippen LogP contribution < -0.4 is 9.44 Å². The number of rotatable bonds is 3. The van der Waals surface area contributed by atoms with Crippen LogP contribution >= 0.6 is 0 Å². The first-order valence-corrected chi connectivity index (χ1v) is 10.4. The molecule has 0 spiro atoms. The van der Waals surface area contributed by atoms with Gasteiger partial charge in [0.25, 0.3) is 10.0 Å². The Balaban J connectivity index is 2.09. The van der Waals surface area contributed by atoms with E-state index in [1.807, 2.05) is 0 Å². The molecule has 1 aliphatic rings. The number of nitrogens with zero attached hydrogens (tertiary/aromatic N) is 1. The molecule has 0 aromatic heterocycles. The number of halogens is 4. The standard InChI is InChI=1S/C15H12F4N2O4S2/c16-12-3-1-10(15(17,18)19)8-14(12)27(24,25)21-6-5-9-7-11(26(20,22)23)2-4-13(9)21/h1-4,7-8H,5-6H2,(H2,20,22,23). The lowest BCUT2D eigenvalue weighted by Gasteiger charge is -2.20. The van der Waals surface area contributed by atoms with Gasteiger partial charge in [0.2, 0.25) is 10.0 Å². The lowest BCUT2D eigenvalue weighted by molar-refractivity contribution is -0.137. The van der Waals surface area contributed by atoms with Gasteiger partial charge in [0.1, 0.15) is 10.7 Å². The predicted molar refractivity (Wildman–Crippen MR) is 87.5 cm³/mol. The van der Waals surface area contributed by atoms with Gasteiger partial charge >= 0.3 is 6.18 Å². The van der Waals surface area contributed by atoms with Crippen molar-refractivity contribution < 1.29 is 34.4 Å². The summed E-state index contributed by atoms with van der Waals surface area (Å²) in [5, 5.41) is 5.02. The number of nitrogens with two attached hydrogens (primary N) is 1. The van der Waals surface area contributed by atoms with Crippen molar-refractivity contribution in [1.29, 1.82) is 0 Å². The van der Waals surface area contributed by atoms with Crippen molar-refractivity contribution in [3.63, 3.8) is 0 Å². The maximum Gasteiger partial charge on any atom is 0.416 e. The molecule has 0 amide bonds. The largest absolute Gasteiger partial charge is 0.416 e. The molecule has 2 N–H and O–H groups in total. The molecule has 0 saturated carbocycles. The summed E-state index contributed by atoms with van der Waals surface area (Å²) in [5.74, 6) is -1.32. The van der Waals surface area contributed by atoms with Crippen LogP contribution in [0.2, 0.25) is 0 Å². The first-order chi connectivity index (χ1) is 12.3. The Hall–Kier alpha value is -2.18. The summed E-state index contributed by atoms with van der Waals surface area (Å²) in [6, 6.07) is 4.56. The van der Waals surface area contributed by atoms with Crippen molar-refractivity contribution in [3.05, 3.63) is 53.3 Å². The molecule has 6 nitrogen and oxygen atoms in total. The maximum absolute atomic E-state index is 14.0. The predicted octanol–water partition coefficient (Wildman–Crippen LogP) is 2.24. The maximum atomic E-state index is 14.0. The van der Waals surface area contributed by atoms with Gasteiger partial charge in [0.15, 0.2) is 0 Å². The Morgan fingerprint density at radius 3 is 2.26 bits per heavy atom. The van der Waals surface area contributed by atoms with Crippen molar-refractivity contribution in [2.45, 2.75) is 22.4 Å². The van der Waals surface area contributed by atoms with Crippen molar-refractivity contribution in [2.75, 3.05) is 10.8 Å². The van der Waals surface area contributed by atoms with Gasteiger partial charge in [0.05, 0.1) is 16.1 Å².